The van der Waals surface area contributed by atoms with Crippen molar-refractivity contribution in [3.63, 3.8) is 0 Å². The van der Waals surface area contributed by atoms with E-state index in [0.29, 0.717) is 13.2 Å². The van der Waals surface area contributed by atoms with Crippen LogP contribution >= 0.6 is 12.4 Å². The summed E-state index contributed by atoms with van der Waals surface area (Å²) in [4.78, 5) is 12.1. The number of nitrogens with one attached hydrogen (secondary N) is 2. The lowest BCUT2D eigenvalue weighted by molar-refractivity contribution is -0.123. The van der Waals surface area contributed by atoms with Crippen LogP contribution in [-0.4, -0.2) is 25.1 Å². The molecule has 1 saturated heterocycles. The number of ether oxygens (including phenoxy) is 1. The molecule has 1 aliphatic rings. The van der Waals surface area contributed by atoms with Gasteiger partial charge in [-0.25, -0.2) is 0 Å². The largest absolute Gasteiger partial charge is 0.494 e. The summed E-state index contributed by atoms with van der Waals surface area (Å²) in [5.74, 6) is 0.956. The molecule has 0 aromatic heterocycles. The van der Waals surface area contributed by atoms with Gasteiger partial charge in [-0.05, 0) is 44.9 Å². The van der Waals surface area contributed by atoms with E-state index in [-0.39, 0.29) is 24.4 Å². The van der Waals surface area contributed by atoms with Crippen LogP contribution in [0.5, 0.6) is 5.75 Å². The Morgan fingerprint density at radius 1 is 1.43 bits per heavy atom. The molecule has 1 fully saturated rings. The summed E-state index contributed by atoms with van der Waals surface area (Å²) in [6.45, 7) is 6.10. The van der Waals surface area contributed by atoms with Crippen LogP contribution in [0.25, 0.3) is 0 Å². The van der Waals surface area contributed by atoms with Crippen molar-refractivity contribution in [3.05, 3.63) is 29.3 Å². The molecule has 118 valence electrons. The Morgan fingerprint density at radius 3 is 2.90 bits per heavy atom. The van der Waals surface area contributed by atoms with Crippen LogP contribution in [0.3, 0.4) is 0 Å². The highest BCUT2D eigenvalue weighted by atomic mass is 35.5. The second-order valence-corrected chi connectivity index (χ2v) is 5.26. The molecule has 21 heavy (non-hydrogen) atoms. The molecule has 1 aromatic carbocycles. The highest BCUT2D eigenvalue weighted by molar-refractivity contribution is 5.85. The van der Waals surface area contributed by atoms with Crippen LogP contribution < -0.4 is 15.4 Å². The maximum atomic E-state index is 12.1. The van der Waals surface area contributed by atoms with Crippen molar-refractivity contribution >= 4 is 18.3 Å². The average Bonchev–Trinajstić information content (AvgIpc) is 2.47. The van der Waals surface area contributed by atoms with Crippen LogP contribution in [0.2, 0.25) is 0 Å². The lowest BCUT2D eigenvalue weighted by Gasteiger charge is -2.22. The number of halogens is 1. The van der Waals surface area contributed by atoms with Crippen LogP contribution in [0.4, 0.5) is 0 Å². The van der Waals surface area contributed by atoms with Crippen LogP contribution in [0.1, 0.15) is 37.3 Å². The number of amides is 1. The predicted molar refractivity (Wildman–Crippen MR) is 87.1 cm³/mol. The zero-order valence-corrected chi connectivity index (χ0v) is 13.6. The van der Waals surface area contributed by atoms with Crippen molar-refractivity contribution in [2.24, 2.45) is 0 Å². The Hall–Kier alpha value is -1.26. The third-order valence-corrected chi connectivity index (χ3v) is 3.60. The summed E-state index contributed by atoms with van der Waals surface area (Å²) >= 11 is 0. The molecule has 0 spiro atoms. The van der Waals surface area contributed by atoms with Crippen LogP contribution in [0.15, 0.2) is 18.2 Å². The number of carbonyl (C=O) groups excluding carboxylic acids is 1. The van der Waals surface area contributed by atoms with E-state index < -0.39 is 0 Å². The first-order valence-electron chi connectivity index (χ1n) is 7.44. The Balaban J connectivity index is 0.00000220. The predicted octanol–water partition coefficient (Wildman–Crippen LogP) is 2.57. The number of hydrogen-bond donors (Lipinski definition) is 2. The summed E-state index contributed by atoms with van der Waals surface area (Å²) in [7, 11) is 0. The van der Waals surface area contributed by atoms with Gasteiger partial charge in [0.05, 0.1) is 12.6 Å². The summed E-state index contributed by atoms with van der Waals surface area (Å²) in [5, 5.41) is 6.27. The molecule has 1 atom stereocenters. The summed E-state index contributed by atoms with van der Waals surface area (Å²) < 4.78 is 5.63. The van der Waals surface area contributed by atoms with Crippen LogP contribution in [-0.2, 0) is 11.3 Å². The molecular formula is C16H25ClN2O2. The third-order valence-electron chi connectivity index (χ3n) is 3.60. The average molecular weight is 313 g/mol. The van der Waals surface area contributed by atoms with Gasteiger partial charge in [0.2, 0.25) is 5.91 Å². The Labute approximate surface area is 133 Å². The van der Waals surface area contributed by atoms with E-state index in [1.54, 1.807) is 0 Å². The second kappa shape index (κ2) is 8.90. The van der Waals surface area contributed by atoms with Gasteiger partial charge in [0.15, 0.2) is 0 Å². The first-order valence-corrected chi connectivity index (χ1v) is 7.44. The lowest BCUT2D eigenvalue weighted by Crippen LogP contribution is -2.46. The van der Waals surface area contributed by atoms with Gasteiger partial charge in [-0.15, -0.1) is 12.4 Å². The lowest BCUT2D eigenvalue weighted by atomic mass is 10.0. The topological polar surface area (TPSA) is 50.4 Å². The van der Waals surface area contributed by atoms with Gasteiger partial charge in [0.25, 0.3) is 0 Å². The fourth-order valence-corrected chi connectivity index (χ4v) is 2.48. The highest BCUT2D eigenvalue weighted by Crippen LogP contribution is 2.20. The van der Waals surface area contributed by atoms with E-state index in [2.05, 4.69) is 10.6 Å². The minimum atomic E-state index is -0.0373. The van der Waals surface area contributed by atoms with Gasteiger partial charge < -0.3 is 15.4 Å². The number of benzene rings is 1. The smallest absolute Gasteiger partial charge is 0.237 e. The van der Waals surface area contributed by atoms with E-state index >= 15 is 0 Å². The van der Waals surface area contributed by atoms with Crippen molar-refractivity contribution in [3.8, 4) is 5.75 Å². The van der Waals surface area contributed by atoms with Gasteiger partial charge in [-0.2, -0.15) is 0 Å². The summed E-state index contributed by atoms with van der Waals surface area (Å²) in [6, 6.07) is 6.05. The monoisotopic (exact) mass is 312 g/mol. The molecular weight excluding hydrogens is 288 g/mol. The standard InChI is InChI=1S/C16H24N2O2.ClH/c1-3-20-15-10-12(2)7-8-13(15)11-18-16(19)14-6-4-5-9-17-14;/h7-8,10,14,17H,3-6,9,11H2,1-2H3,(H,18,19);1H. The maximum Gasteiger partial charge on any atom is 0.237 e. The number of aryl methyl sites for hydroxylation is 1. The number of rotatable bonds is 5. The third kappa shape index (κ3) is 5.21. The Morgan fingerprint density at radius 2 is 2.24 bits per heavy atom. The van der Waals surface area contributed by atoms with Gasteiger partial charge in [0.1, 0.15) is 5.75 Å². The maximum absolute atomic E-state index is 12.1. The zero-order chi connectivity index (χ0) is 14.4. The van der Waals surface area contributed by atoms with E-state index in [9.17, 15) is 4.79 Å². The van der Waals surface area contributed by atoms with Crippen molar-refractivity contribution in [2.75, 3.05) is 13.2 Å². The van der Waals surface area contributed by atoms with Crippen molar-refractivity contribution in [2.45, 2.75) is 45.7 Å². The molecule has 0 radical (unpaired) electrons. The SMILES string of the molecule is CCOc1cc(C)ccc1CNC(=O)C1CCCCN1.Cl. The number of hydrogen-bond acceptors (Lipinski definition) is 3. The normalized spacial score (nSPS) is 17.7. The summed E-state index contributed by atoms with van der Waals surface area (Å²) in [5.41, 5.74) is 2.19. The second-order valence-electron chi connectivity index (χ2n) is 5.26. The molecule has 2 N–H and O–H groups in total. The molecule has 1 heterocycles. The van der Waals surface area contributed by atoms with Crippen molar-refractivity contribution in [1.29, 1.82) is 0 Å². The molecule has 1 aliphatic heterocycles. The number of piperidine rings is 1. The molecule has 0 bridgehead atoms. The molecule has 1 unspecified atom stereocenters. The van der Waals surface area contributed by atoms with E-state index in [4.69, 9.17) is 4.74 Å². The van der Waals surface area contributed by atoms with E-state index in [1.165, 1.54) is 0 Å². The molecule has 2 rings (SSSR count). The number of carbonyl (C=O) groups is 1. The quantitative estimate of drug-likeness (QED) is 0.878. The molecule has 1 aromatic rings. The Bertz CT molecular complexity index is 460. The highest BCUT2D eigenvalue weighted by Gasteiger charge is 2.20. The minimum Gasteiger partial charge on any atom is -0.494 e. The van der Waals surface area contributed by atoms with Gasteiger partial charge in [-0.3, -0.25) is 4.79 Å². The minimum absolute atomic E-state index is 0. The van der Waals surface area contributed by atoms with Crippen molar-refractivity contribution in [1.82, 2.24) is 10.6 Å². The fourth-order valence-electron chi connectivity index (χ4n) is 2.48. The Kier molecular flexibility index (Phi) is 7.54. The van der Waals surface area contributed by atoms with E-state index in [0.717, 1.165) is 42.7 Å². The first kappa shape index (κ1) is 17.8. The molecule has 1 amide bonds. The zero-order valence-electron chi connectivity index (χ0n) is 12.8. The molecule has 5 heteroatoms. The molecule has 0 saturated carbocycles. The van der Waals surface area contributed by atoms with Gasteiger partial charge in [0, 0.05) is 12.1 Å². The first-order chi connectivity index (χ1) is 9.70. The van der Waals surface area contributed by atoms with Gasteiger partial charge in [-0.1, -0.05) is 18.6 Å². The van der Waals surface area contributed by atoms with E-state index in [1.807, 2.05) is 32.0 Å². The fraction of sp³-hybridized carbons (Fsp3) is 0.562. The van der Waals surface area contributed by atoms with Crippen LogP contribution in [0, 0.1) is 6.92 Å². The van der Waals surface area contributed by atoms with Gasteiger partial charge >= 0.3 is 0 Å². The summed E-state index contributed by atoms with van der Waals surface area (Å²) in [6.07, 6.45) is 3.22. The molecule has 0 aliphatic carbocycles. The van der Waals surface area contributed by atoms with Crippen molar-refractivity contribution < 1.29 is 9.53 Å². The molecule has 4 nitrogen and oxygen atoms in total.